The first-order valence-electron chi connectivity index (χ1n) is 7.62. The van der Waals surface area contributed by atoms with Crippen LogP contribution in [-0.2, 0) is 4.74 Å². The Hall–Kier alpha value is -0.840. The second kappa shape index (κ2) is 6.74. The number of hydrogen-bond donors (Lipinski definition) is 2. The number of aliphatic hydroxyl groups excluding tert-OH is 1. The SMILES string of the molecule is CCCCOC1CC(NCC(O)c2ccco2)C1(C)C. The molecule has 1 aromatic heterocycles. The highest BCUT2D eigenvalue weighted by Gasteiger charge is 2.48. The van der Waals surface area contributed by atoms with Crippen molar-refractivity contribution in [2.45, 2.75) is 58.3 Å². The fourth-order valence-corrected chi connectivity index (χ4v) is 2.72. The van der Waals surface area contributed by atoms with Gasteiger partial charge in [0.1, 0.15) is 11.9 Å². The van der Waals surface area contributed by atoms with Crippen LogP contribution in [0.25, 0.3) is 0 Å². The van der Waals surface area contributed by atoms with E-state index in [-0.39, 0.29) is 5.41 Å². The maximum Gasteiger partial charge on any atom is 0.133 e. The fraction of sp³-hybridized carbons (Fsp3) is 0.750. The van der Waals surface area contributed by atoms with Gasteiger partial charge in [0.05, 0.1) is 12.4 Å². The topological polar surface area (TPSA) is 54.6 Å². The van der Waals surface area contributed by atoms with E-state index in [1.54, 1.807) is 18.4 Å². The number of furan rings is 1. The number of aliphatic hydroxyl groups is 1. The molecule has 114 valence electrons. The highest BCUT2D eigenvalue weighted by Crippen LogP contribution is 2.42. The van der Waals surface area contributed by atoms with Gasteiger partial charge < -0.3 is 19.6 Å². The Labute approximate surface area is 121 Å². The van der Waals surface area contributed by atoms with Crippen LogP contribution in [0.4, 0.5) is 0 Å². The molecule has 20 heavy (non-hydrogen) atoms. The number of ether oxygens (including phenoxy) is 1. The molecule has 1 aromatic rings. The second-order valence-corrected chi connectivity index (χ2v) is 6.26. The van der Waals surface area contributed by atoms with Gasteiger partial charge in [-0.05, 0) is 25.0 Å². The monoisotopic (exact) mass is 281 g/mol. The first-order valence-corrected chi connectivity index (χ1v) is 7.62. The standard InChI is InChI=1S/C16H27NO3/c1-4-5-8-20-15-10-14(16(15,2)3)17-11-12(18)13-7-6-9-19-13/h6-7,9,12,14-15,17-18H,4-5,8,10-11H2,1-3H3. The molecule has 2 N–H and O–H groups in total. The summed E-state index contributed by atoms with van der Waals surface area (Å²) in [6, 6.07) is 3.98. The van der Waals surface area contributed by atoms with Gasteiger partial charge in [-0.3, -0.25) is 0 Å². The van der Waals surface area contributed by atoms with Crippen molar-refractivity contribution in [3.8, 4) is 0 Å². The van der Waals surface area contributed by atoms with Gasteiger partial charge >= 0.3 is 0 Å². The lowest BCUT2D eigenvalue weighted by Crippen LogP contribution is -2.61. The Kier molecular flexibility index (Phi) is 5.24. The Morgan fingerprint density at radius 2 is 2.35 bits per heavy atom. The van der Waals surface area contributed by atoms with Gasteiger partial charge in [0.2, 0.25) is 0 Å². The minimum atomic E-state index is -0.583. The highest BCUT2D eigenvalue weighted by atomic mass is 16.5. The average molecular weight is 281 g/mol. The summed E-state index contributed by atoms with van der Waals surface area (Å²) < 4.78 is 11.1. The van der Waals surface area contributed by atoms with E-state index in [1.807, 2.05) is 0 Å². The molecule has 0 aromatic carbocycles. The zero-order valence-corrected chi connectivity index (χ0v) is 12.8. The summed E-state index contributed by atoms with van der Waals surface area (Å²) in [5.41, 5.74) is 0.122. The third kappa shape index (κ3) is 3.43. The van der Waals surface area contributed by atoms with E-state index in [4.69, 9.17) is 9.15 Å². The highest BCUT2D eigenvalue weighted by molar-refractivity contribution is 5.05. The summed E-state index contributed by atoms with van der Waals surface area (Å²) in [5.74, 6) is 0.616. The van der Waals surface area contributed by atoms with Crippen molar-refractivity contribution in [1.82, 2.24) is 5.32 Å². The van der Waals surface area contributed by atoms with Crippen molar-refractivity contribution < 1.29 is 14.3 Å². The quantitative estimate of drug-likeness (QED) is 0.719. The third-order valence-electron chi connectivity index (χ3n) is 4.42. The third-order valence-corrected chi connectivity index (χ3v) is 4.42. The van der Waals surface area contributed by atoms with Crippen molar-refractivity contribution >= 4 is 0 Å². The Morgan fingerprint density at radius 3 is 2.95 bits per heavy atom. The number of rotatable bonds is 8. The molecule has 1 aliphatic carbocycles. The molecule has 0 radical (unpaired) electrons. The van der Waals surface area contributed by atoms with E-state index in [1.165, 1.54) is 6.42 Å². The number of unbranched alkanes of at least 4 members (excludes halogenated alkanes) is 1. The molecule has 1 aliphatic rings. The van der Waals surface area contributed by atoms with Crippen LogP contribution in [0.15, 0.2) is 22.8 Å². The molecule has 1 heterocycles. The maximum atomic E-state index is 10.00. The molecule has 2 rings (SSSR count). The van der Waals surface area contributed by atoms with Crippen molar-refractivity contribution in [2.75, 3.05) is 13.2 Å². The summed E-state index contributed by atoms with van der Waals surface area (Å²) in [5, 5.41) is 13.4. The van der Waals surface area contributed by atoms with Gasteiger partial charge in [0.15, 0.2) is 0 Å². The van der Waals surface area contributed by atoms with Gasteiger partial charge in [-0.15, -0.1) is 0 Å². The molecule has 1 saturated carbocycles. The van der Waals surface area contributed by atoms with Crippen LogP contribution in [-0.4, -0.2) is 30.4 Å². The van der Waals surface area contributed by atoms with Crippen molar-refractivity contribution in [3.63, 3.8) is 0 Å². The number of hydrogen-bond acceptors (Lipinski definition) is 4. The molecule has 3 unspecified atom stereocenters. The zero-order valence-electron chi connectivity index (χ0n) is 12.8. The molecular formula is C16H27NO3. The molecule has 0 spiro atoms. The molecule has 3 atom stereocenters. The molecule has 0 saturated heterocycles. The van der Waals surface area contributed by atoms with Crippen LogP contribution in [0.2, 0.25) is 0 Å². The van der Waals surface area contributed by atoms with Gasteiger partial charge in [0, 0.05) is 24.6 Å². The molecule has 0 amide bonds. The Balaban J connectivity index is 1.72. The lowest BCUT2D eigenvalue weighted by Gasteiger charge is -2.52. The van der Waals surface area contributed by atoms with Crippen molar-refractivity contribution in [1.29, 1.82) is 0 Å². The Morgan fingerprint density at radius 1 is 1.55 bits per heavy atom. The zero-order chi connectivity index (χ0) is 14.6. The van der Waals surface area contributed by atoms with E-state index in [0.29, 0.717) is 24.5 Å². The minimum Gasteiger partial charge on any atom is -0.467 e. The van der Waals surface area contributed by atoms with Crippen LogP contribution >= 0.6 is 0 Å². The largest absolute Gasteiger partial charge is 0.467 e. The van der Waals surface area contributed by atoms with E-state index in [2.05, 4.69) is 26.1 Å². The normalized spacial score (nSPS) is 26.2. The van der Waals surface area contributed by atoms with Gasteiger partial charge in [-0.2, -0.15) is 0 Å². The van der Waals surface area contributed by atoms with Crippen molar-refractivity contribution in [3.05, 3.63) is 24.2 Å². The van der Waals surface area contributed by atoms with Crippen LogP contribution in [0.5, 0.6) is 0 Å². The first-order chi connectivity index (χ1) is 9.55. The maximum absolute atomic E-state index is 10.00. The summed E-state index contributed by atoms with van der Waals surface area (Å²) in [4.78, 5) is 0. The molecule has 1 fully saturated rings. The fourth-order valence-electron chi connectivity index (χ4n) is 2.72. The molecular weight excluding hydrogens is 254 g/mol. The van der Waals surface area contributed by atoms with E-state index < -0.39 is 6.10 Å². The van der Waals surface area contributed by atoms with Crippen LogP contribution in [0.1, 0.15) is 51.9 Å². The van der Waals surface area contributed by atoms with E-state index >= 15 is 0 Å². The molecule has 0 bridgehead atoms. The average Bonchev–Trinajstić information content (AvgIpc) is 2.95. The molecule has 4 nitrogen and oxygen atoms in total. The van der Waals surface area contributed by atoms with Crippen LogP contribution in [0, 0.1) is 5.41 Å². The lowest BCUT2D eigenvalue weighted by atomic mass is 9.64. The van der Waals surface area contributed by atoms with Crippen LogP contribution < -0.4 is 5.32 Å². The van der Waals surface area contributed by atoms with E-state index in [0.717, 1.165) is 19.4 Å². The summed E-state index contributed by atoms with van der Waals surface area (Å²) in [7, 11) is 0. The second-order valence-electron chi connectivity index (χ2n) is 6.26. The predicted molar refractivity (Wildman–Crippen MR) is 78.5 cm³/mol. The minimum absolute atomic E-state index is 0.122. The summed E-state index contributed by atoms with van der Waals surface area (Å²) in [6.45, 7) is 8.00. The smallest absolute Gasteiger partial charge is 0.133 e. The lowest BCUT2D eigenvalue weighted by molar-refractivity contribution is -0.119. The number of nitrogens with one attached hydrogen (secondary N) is 1. The van der Waals surface area contributed by atoms with Gasteiger partial charge in [0.25, 0.3) is 0 Å². The molecule has 0 aliphatic heterocycles. The predicted octanol–water partition coefficient (Wildman–Crippen LogP) is 2.89. The van der Waals surface area contributed by atoms with Gasteiger partial charge in [-0.25, -0.2) is 0 Å². The Bertz CT molecular complexity index is 388. The van der Waals surface area contributed by atoms with Gasteiger partial charge in [-0.1, -0.05) is 27.2 Å². The first kappa shape index (κ1) is 15.5. The van der Waals surface area contributed by atoms with Crippen LogP contribution in [0.3, 0.4) is 0 Å². The summed E-state index contributed by atoms with van der Waals surface area (Å²) in [6.07, 6.45) is 4.64. The summed E-state index contributed by atoms with van der Waals surface area (Å²) >= 11 is 0. The van der Waals surface area contributed by atoms with Crippen molar-refractivity contribution in [2.24, 2.45) is 5.41 Å². The van der Waals surface area contributed by atoms with E-state index in [9.17, 15) is 5.11 Å². The molecule has 4 heteroatoms.